The molecular weight excluding hydrogens is 252 g/mol. The van der Waals surface area contributed by atoms with Crippen molar-refractivity contribution >= 4 is 5.69 Å². The number of hydrogen-bond acceptors (Lipinski definition) is 4. The minimum absolute atomic E-state index is 0.578. The van der Waals surface area contributed by atoms with E-state index in [0.717, 1.165) is 22.6 Å². The van der Waals surface area contributed by atoms with Crippen molar-refractivity contribution in [3.63, 3.8) is 0 Å². The van der Waals surface area contributed by atoms with Crippen LogP contribution >= 0.6 is 0 Å². The van der Waals surface area contributed by atoms with Crippen molar-refractivity contribution in [1.29, 1.82) is 5.26 Å². The molecule has 2 aromatic rings. The minimum Gasteiger partial charge on any atom is -0.469 e. The van der Waals surface area contributed by atoms with Gasteiger partial charge in [-0.2, -0.15) is 5.26 Å². The van der Waals surface area contributed by atoms with E-state index in [1.54, 1.807) is 31.4 Å². The number of aliphatic hydroxyl groups is 1. The minimum atomic E-state index is -0.578. The van der Waals surface area contributed by atoms with E-state index in [-0.39, 0.29) is 0 Å². The molecule has 0 fully saturated rings. The predicted molar refractivity (Wildman–Crippen MR) is 77.3 cm³/mol. The molecule has 0 amide bonds. The Kier molecular flexibility index (Phi) is 4.11. The highest BCUT2D eigenvalue weighted by molar-refractivity contribution is 5.58. The van der Waals surface area contributed by atoms with Crippen molar-refractivity contribution in [3.05, 3.63) is 53.0 Å². The summed E-state index contributed by atoms with van der Waals surface area (Å²) >= 11 is 0. The van der Waals surface area contributed by atoms with Gasteiger partial charge in [-0.05, 0) is 32.0 Å². The van der Waals surface area contributed by atoms with Gasteiger partial charge in [-0.1, -0.05) is 6.07 Å². The molecule has 1 N–H and O–H groups in total. The summed E-state index contributed by atoms with van der Waals surface area (Å²) in [4.78, 5) is 2.01. The van der Waals surface area contributed by atoms with E-state index in [9.17, 15) is 5.11 Å². The molecular formula is C16H18N2O2. The molecule has 1 heterocycles. The summed E-state index contributed by atoms with van der Waals surface area (Å²) in [6.07, 6.45) is 1.09. The lowest BCUT2D eigenvalue weighted by atomic mass is 10.0. The lowest BCUT2D eigenvalue weighted by molar-refractivity contribution is 0.199. The standard InChI is InChI=1S/C16H18N2O2/c1-11(19)15-5-4-13(9-17)8-16(15)18(3)10-14-6-7-20-12(14)2/h4-8,11,19H,10H2,1-3H3/t11-/m1/s1. The third-order valence-corrected chi connectivity index (χ3v) is 3.39. The molecule has 4 nitrogen and oxygen atoms in total. The van der Waals surface area contributed by atoms with Gasteiger partial charge >= 0.3 is 0 Å². The Labute approximate surface area is 118 Å². The zero-order chi connectivity index (χ0) is 14.7. The molecule has 0 saturated heterocycles. The maximum atomic E-state index is 9.87. The topological polar surface area (TPSA) is 60.4 Å². The molecule has 0 aliphatic heterocycles. The molecule has 1 atom stereocenters. The zero-order valence-corrected chi connectivity index (χ0v) is 11.9. The highest BCUT2D eigenvalue weighted by Gasteiger charge is 2.14. The van der Waals surface area contributed by atoms with Crippen LogP contribution in [-0.4, -0.2) is 12.2 Å². The molecule has 4 heteroatoms. The number of benzene rings is 1. The first-order valence-corrected chi connectivity index (χ1v) is 6.49. The molecule has 0 aliphatic rings. The van der Waals surface area contributed by atoms with E-state index < -0.39 is 6.10 Å². The van der Waals surface area contributed by atoms with Crippen molar-refractivity contribution < 1.29 is 9.52 Å². The van der Waals surface area contributed by atoms with Crippen LogP contribution in [0.2, 0.25) is 0 Å². The molecule has 0 aliphatic carbocycles. The molecule has 104 valence electrons. The van der Waals surface area contributed by atoms with Gasteiger partial charge in [-0.25, -0.2) is 0 Å². The fourth-order valence-corrected chi connectivity index (χ4v) is 2.21. The quantitative estimate of drug-likeness (QED) is 0.927. The first-order valence-electron chi connectivity index (χ1n) is 6.49. The van der Waals surface area contributed by atoms with Crippen molar-refractivity contribution in [3.8, 4) is 6.07 Å². The highest BCUT2D eigenvalue weighted by Crippen LogP contribution is 2.28. The number of aryl methyl sites for hydroxylation is 1. The van der Waals surface area contributed by atoms with Gasteiger partial charge in [0.05, 0.1) is 24.0 Å². The average Bonchev–Trinajstić information content (AvgIpc) is 2.83. The number of furan rings is 1. The Bertz CT molecular complexity index is 638. The summed E-state index contributed by atoms with van der Waals surface area (Å²) in [6.45, 7) is 4.31. The lowest BCUT2D eigenvalue weighted by Crippen LogP contribution is -2.19. The summed E-state index contributed by atoms with van der Waals surface area (Å²) in [5, 5.41) is 18.9. The Balaban J connectivity index is 2.35. The third-order valence-electron chi connectivity index (χ3n) is 3.39. The second kappa shape index (κ2) is 5.81. The van der Waals surface area contributed by atoms with Gasteiger partial charge in [-0.3, -0.25) is 0 Å². The van der Waals surface area contributed by atoms with Gasteiger partial charge in [-0.15, -0.1) is 0 Å². The molecule has 0 bridgehead atoms. The van der Waals surface area contributed by atoms with Gasteiger partial charge in [0, 0.05) is 30.4 Å². The van der Waals surface area contributed by atoms with E-state index in [1.807, 2.05) is 24.9 Å². The Morgan fingerprint density at radius 1 is 1.40 bits per heavy atom. The molecule has 20 heavy (non-hydrogen) atoms. The fourth-order valence-electron chi connectivity index (χ4n) is 2.21. The maximum Gasteiger partial charge on any atom is 0.105 e. The number of anilines is 1. The summed E-state index contributed by atoms with van der Waals surface area (Å²) in [5.74, 6) is 0.881. The van der Waals surface area contributed by atoms with E-state index in [1.165, 1.54) is 0 Å². The lowest BCUT2D eigenvalue weighted by Gasteiger charge is -2.23. The fraction of sp³-hybridized carbons (Fsp3) is 0.312. The summed E-state index contributed by atoms with van der Waals surface area (Å²) in [5.41, 5.74) is 3.35. The van der Waals surface area contributed by atoms with E-state index in [2.05, 4.69) is 6.07 Å². The average molecular weight is 270 g/mol. The Morgan fingerprint density at radius 2 is 2.15 bits per heavy atom. The molecule has 2 rings (SSSR count). The zero-order valence-electron chi connectivity index (χ0n) is 11.9. The second-order valence-corrected chi connectivity index (χ2v) is 4.92. The monoisotopic (exact) mass is 270 g/mol. The molecule has 1 aromatic carbocycles. The second-order valence-electron chi connectivity index (χ2n) is 4.92. The first-order chi connectivity index (χ1) is 9.52. The number of rotatable bonds is 4. The summed E-state index contributed by atoms with van der Waals surface area (Å²) < 4.78 is 5.30. The first kappa shape index (κ1) is 14.2. The van der Waals surface area contributed by atoms with E-state index in [4.69, 9.17) is 9.68 Å². The number of hydrogen-bond donors (Lipinski definition) is 1. The van der Waals surface area contributed by atoms with Crippen molar-refractivity contribution in [1.82, 2.24) is 0 Å². The van der Waals surface area contributed by atoms with Crippen molar-refractivity contribution in [2.45, 2.75) is 26.5 Å². The molecule has 0 radical (unpaired) electrons. The SMILES string of the molecule is Cc1occc1CN(C)c1cc(C#N)ccc1[C@@H](C)O. The van der Waals surface area contributed by atoms with Crippen LogP contribution in [0.3, 0.4) is 0 Å². The number of nitrogens with zero attached hydrogens (tertiary/aromatic N) is 2. The maximum absolute atomic E-state index is 9.87. The van der Waals surface area contributed by atoms with Crippen LogP contribution in [0, 0.1) is 18.3 Å². The highest BCUT2D eigenvalue weighted by atomic mass is 16.3. The third kappa shape index (κ3) is 2.84. The summed E-state index contributed by atoms with van der Waals surface area (Å²) in [6, 6.07) is 9.39. The molecule has 0 unspecified atom stereocenters. The normalized spacial score (nSPS) is 11.9. The largest absolute Gasteiger partial charge is 0.469 e. The van der Waals surface area contributed by atoms with Crippen LogP contribution < -0.4 is 4.90 Å². The Morgan fingerprint density at radius 3 is 2.70 bits per heavy atom. The number of nitriles is 1. The van der Waals surface area contributed by atoms with Gasteiger partial charge in [0.1, 0.15) is 5.76 Å². The van der Waals surface area contributed by atoms with Gasteiger partial charge in [0.25, 0.3) is 0 Å². The van der Waals surface area contributed by atoms with Gasteiger partial charge < -0.3 is 14.4 Å². The van der Waals surface area contributed by atoms with Gasteiger partial charge in [0.15, 0.2) is 0 Å². The van der Waals surface area contributed by atoms with Crippen LogP contribution in [0.15, 0.2) is 34.9 Å². The molecule has 0 spiro atoms. The van der Waals surface area contributed by atoms with Crippen molar-refractivity contribution in [2.75, 3.05) is 11.9 Å². The van der Waals surface area contributed by atoms with Crippen LogP contribution in [0.5, 0.6) is 0 Å². The van der Waals surface area contributed by atoms with E-state index >= 15 is 0 Å². The van der Waals surface area contributed by atoms with Crippen LogP contribution in [0.4, 0.5) is 5.69 Å². The van der Waals surface area contributed by atoms with Crippen molar-refractivity contribution in [2.24, 2.45) is 0 Å². The summed E-state index contributed by atoms with van der Waals surface area (Å²) in [7, 11) is 1.94. The molecule has 0 saturated carbocycles. The van der Waals surface area contributed by atoms with Crippen LogP contribution in [0.25, 0.3) is 0 Å². The number of aliphatic hydroxyl groups excluding tert-OH is 1. The van der Waals surface area contributed by atoms with Crippen LogP contribution in [0.1, 0.15) is 35.5 Å². The van der Waals surface area contributed by atoms with E-state index in [0.29, 0.717) is 12.1 Å². The smallest absolute Gasteiger partial charge is 0.105 e. The Hall–Kier alpha value is -2.25. The van der Waals surface area contributed by atoms with Crippen LogP contribution in [-0.2, 0) is 6.54 Å². The predicted octanol–water partition coefficient (Wildman–Crippen LogP) is 3.15. The van der Waals surface area contributed by atoms with Gasteiger partial charge in [0.2, 0.25) is 0 Å². The molecule has 1 aromatic heterocycles.